The van der Waals surface area contributed by atoms with Gasteiger partial charge in [-0.25, -0.2) is 8.78 Å². The molecule has 0 saturated heterocycles. The predicted molar refractivity (Wildman–Crippen MR) is 137 cm³/mol. The first-order valence-corrected chi connectivity index (χ1v) is 14.4. The summed E-state index contributed by atoms with van der Waals surface area (Å²) in [4.78, 5) is 19.1. The van der Waals surface area contributed by atoms with Crippen molar-refractivity contribution in [1.82, 2.24) is 9.97 Å². The molecule has 0 spiro atoms. The van der Waals surface area contributed by atoms with Gasteiger partial charge in [-0.1, -0.05) is 104 Å². The maximum Gasteiger partial charge on any atom is 0.189 e. The molecule has 0 fully saturated rings. The third-order valence-electron chi connectivity index (χ3n) is 5.03. The molecule has 0 amide bonds. The molecule has 1 N–H and O–H groups in total. The van der Waals surface area contributed by atoms with Crippen molar-refractivity contribution < 1.29 is 38.8 Å². The van der Waals surface area contributed by atoms with Crippen molar-refractivity contribution in [1.29, 1.82) is 0 Å². The normalized spacial score (nSPS) is 11.1. The number of benzene rings is 2. The van der Waals surface area contributed by atoms with Gasteiger partial charge in [0.2, 0.25) is 0 Å². The number of rotatable bonds is 5. The molecule has 0 atom stereocenters. The number of pyridine rings is 2. The van der Waals surface area contributed by atoms with Gasteiger partial charge in [-0.3, -0.25) is 9.78 Å². The summed E-state index contributed by atoms with van der Waals surface area (Å²) in [6, 6.07) is 25.0. The third-order valence-corrected chi connectivity index (χ3v) is 7.06. The van der Waals surface area contributed by atoms with Gasteiger partial charge in [-0.05, 0) is 10.9 Å². The molecule has 187 valence electrons. The number of allylic oxidation sites excluding steroid dienone is 1. The Labute approximate surface area is 224 Å². The summed E-state index contributed by atoms with van der Waals surface area (Å²) < 4.78 is 26.1. The monoisotopic (exact) mass is 680 g/mol. The molecule has 4 nitrogen and oxygen atoms in total. The van der Waals surface area contributed by atoms with Crippen LogP contribution in [-0.2, 0) is 20.1 Å². The Bertz CT molecular complexity index is 1310. The molecular weight excluding hydrogens is 655 g/mol. The van der Waals surface area contributed by atoms with E-state index in [1.807, 2.05) is 30.3 Å². The van der Waals surface area contributed by atoms with E-state index in [0.29, 0.717) is 16.8 Å². The molecule has 0 aliphatic carbocycles. The quantitative estimate of drug-likeness (QED) is 0.0679. The molecule has 0 unspecified atom stereocenters. The molecule has 8 heteroatoms. The second-order valence-electron chi connectivity index (χ2n) is 8.70. The van der Waals surface area contributed by atoms with E-state index in [1.165, 1.54) is 11.3 Å². The smallest absolute Gasteiger partial charge is 0.189 e. The van der Waals surface area contributed by atoms with E-state index in [-0.39, 0.29) is 37.2 Å². The number of ketones is 1. The summed E-state index contributed by atoms with van der Waals surface area (Å²) in [6.07, 6.45) is 2.99. The summed E-state index contributed by atoms with van der Waals surface area (Å²) in [5.41, 5.74) is 1.72. The fourth-order valence-electron chi connectivity index (χ4n) is 3.04. The molecule has 0 aliphatic heterocycles. The first-order valence-electron chi connectivity index (χ1n) is 10.9. The minimum atomic E-state index is -1.42. The van der Waals surface area contributed by atoms with Crippen molar-refractivity contribution in [3.8, 4) is 11.3 Å². The van der Waals surface area contributed by atoms with Crippen molar-refractivity contribution in [3.63, 3.8) is 0 Å². The third kappa shape index (κ3) is 8.12. The van der Waals surface area contributed by atoms with Crippen LogP contribution in [0.5, 0.6) is 0 Å². The Hall–Kier alpha value is -3.32. The molecular formula is C28H25F2IrN2O2Si-. The zero-order valence-corrected chi connectivity index (χ0v) is 23.4. The zero-order chi connectivity index (χ0) is 25.4. The van der Waals surface area contributed by atoms with Crippen LogP contribution in [-0.4, -0.2) is 28.9 Å². The zero-order valence-electron chi connectivity index (χ0n) is 20.0. The molecule has 2 aromatic heterocycles. The number of aliphatic hydroxyl groups is 1. The van der Waals surface area contributed by atoms with Crippen LogP contribution >= 0.6 is 0 Å². The Morgan fingerprint density at radius 1 is 0.917 bits per heavy atom. The number of hydrogen-bond acceptors (Lipinski definition) is 4. The molecule has 4 aromatic rings. The number of carbonyl (C=O) groups is 1. The molecule has 0 saturated carbocycles. The molecule has 0 bridgehead atoms. The van der Waals surface area contributed by atoms with E-state index in [2.05, 4.69) is 35.7 Å². The van der Waals surface area contributed by atoms with Crippen LogP contribution < -0.4 is 5.19 Å². The van der Waals surface area contributed by atoms with Gasteiger partial charge < -0.3 is 10.1 Å². The Morgan fingerprint density at radius 3 is 2.00 bits per heavy atom. The summed E-state index contributed by atoms with van der Waals surface area (Å²) >= 11 is 0. The Kier molecular flexibility index (Phi) is 10.5. The van der Waals surface area contributed by atoms with Crippen LogP contribution in [0.4, 0.5) is 8.78 Å². The summed E-state index contributed by atoms with van der Waals surface area (Å²) in [5.74, 6) is -1.98. The number of carbonyl (C=O) groups excluding carboxylic acids is 1. The maximum atomic E-state index is 13.5. The molecule has 0 aliphatic rings. The molecule has 2 aromatic carbocycles. The Morgan fingerprint density at radius 2 is 1.50 bits per heavy atom. The van der Waals surface area contributed by atoms with Crippen LogP contribution in [0.3, 0.4) is 0 Å². The van der Waals surface area contributed by atoms with Gasteiger partial charge in [0, 0.05) is 43.5 Å². The number of hydrogen-bond donors (Lipinski definition) is 1. The number of nitrogens with zero attached hydrogens (tertiary/aromatic N) is 2. The van der Waals surface area contributed by atoms with E-state index in [9.17, 15) is 18.7 Å². The van der Waals surface area contributed by atoms with Crippen LogP contribution in [0.15, 0.2) is 91.1 Å². The SMILES string of the molecule is C[Si](C)(C)c1ccc(-c2[c-]cc(F)nc2F)nc1.O=C(C=C(O)c1ccccc1)c1ccccc1.[Ir]. The second-order valence-corrected chi connectivity index (χ2v) is 13.8. The summed E-state index contributed by atoms with van der Waals surface area (Å²) in [5, 5.41) is 11.0. The first-order chi connectivity index (χ1) is 16.6. The van der Waals surface area contributed by atoms with E-state index in [0.717, 1.165) is 6.07 Å². The minimum absolute atomic E-state index is 0. The Balaban J connectivity index is 0.000000247. The van der Waals surface area contributed by atoms with Crippen molar-refractivity contribution in [3.05, 3.63) is 120 Å². The fourth-order valence-corrected chi connectivity index (χ4v) is 4.08. The maximum absolute atomic E-state index is 13.5. The summed E-state index contributed by atoms with van der Waals surface area (Å²) in [6.45, 7) is 6.61. The van der Waals surface area contributed by atoms with Gasteiger partial charge in [0.1, 0.15) is 17.7 Å². The second kappa shape index (κ2) is 13.1. The summed E-state index contributed by atoms with van der Waals surface area (Å²) in [7, 11) is -1.42. The van der Waals surface area contributed by atoms with E-state index in [4.69, 9.17) is 0 Å². The van der Waals surface area contributed by atoms with E-state index >= 15 is 0 Å². The van der Waals surface area contributed by atoms with Crippen LogP contribution in [0.1, 0.15) is 15.9 Å². The number of aromatic nitrogens is 2. The van der Waals surface area contributed by atoms with Crippen molar-refractivity contribution in [2.75, 3.05) is 0 Å². The van der Waals surface area contributed by atoms with Crippen molar-refractivity contribution >= 4 is 24.8 Å². The van der Waals surface area contributed by atoms with Gasteiger partial charge in [-0.15, -0.1) is 6.07 Å². The first kappa shape index (κ1) is 28.9. The largest absolute Gasteiger partial charge is 0.507 e. The average molecular weight is 680 g/mol. The fraction of sp³-hybridized carbons (Fsp3) is 0.107. The van der Waals surface area contributed by atoms with Gasteiger partial charge in [0.15, 0.2) is 5.78 Å². The van der Waals surface area contributed by atoms with Crippen LogP contribution in [0.25, 0.3) is 17.0 Å². The van der Waals surface area contributed by atoms with Gasteiger partial charge in [0.05, 0.1) is 8.07 Å². The predicted octanol–water partition coefficient (Wildman–Crippen LogP) is 6.23. The van der Waals surface area contributed by atoms with Crippen molar-refractivity contribution in [2.45, 2.75) is 19.6 Å². The van der Waals surface area contributed by atoms with E-state index < -0.39 is 20.0 Å². The van der Waals surface area contributed by atoms with Gasteiger partial charge >= 0.3 is 0 Å². The molecule has 36 heavy (non-hydrogen) atoms. The number of halogens is 2. The average Bonchev–Trinajstić information content (AvgIpc) is 2.85. The van der Waals surface area contributed by atoms with Gasteiger partial charge in [0.25, 0.3) is 0 Å². The molecule has 1 radical (unpaired) electrons. The van der Waals surface area contributed by atoms with Crippen molar-refractivity contribution in [2.24, 2.45) is 0 Å². The van der Waals surface area contributed by atoms with Gasteiger partial charge in [-0.2, -0.15) is 0 Å². The number of aliphatic hydroxyl groups excluding tert-OH is 1. The molecule has 2 heterocycles. The van der Waals surface area contributed by atoms with Crippen LogP contribution in [0, 0.1) is 18.0 Å². The van der Waals surface area contributed by atoms with E-state index in [1.54, 1.807) is 48.7 Å². The van der Waals surface area contributed by atoms with Crippen LogP contribution in [0.2, 0.25) is 19.6 Å². The minimum Gasteiger partial charge on any atom is -0.507 e. The topological polar surface area (TPSA) is 63.1 Å². The standard InChI is InChI=1S/C15H12O2.C13H13F2N2Si.Ir/c16-14(12-7-3-1-4-8-12)11-15(17)13-9-5-2-6-10-13;1-18(2,3)9-4-6-11(16-8-9)10-5-7-12(14)17-13(10)15;/h1-11,16H;4,6-8H,1-3H3;/q;-1;. The molecule has 4 rings (SSSR count).